The summed E-state index contributed by atoms with van der Waals surface area (Å²) in [7, 11) is 1.93. The van der Waals surface area contributed by atoms with E-state index in [0.717, 1.165) is 30.0 Å². The van der Waals surface area contributed by atoms with Gasteiger partial charge in [-0.15, -0.1) is 11.8 Å². The smallest absolute Gasteiger partial charge is 0.307 e. The minimum Gasteiger partial charge on any atom is -0.481 e. The number of aryl methyl sites for hydroxylation is 2. The highest BCUT2D eigenvalue weighted by Crippen LogP contribution is 2.45. The number of carbonyl (C=O) groups is 1. The number of rotatable bonds is 3. The molecule has 1 fully saturated rings. The van der Waals surface area contributed by atoms with Crippen molar-refractivity contribution in [3.8, 4) is 0 Å². The van der Waals surface area contributed by atoms with Crippen molar-refractivity contribution in [2.24, 2.45) is 24.3 Å². The number of aromatic nitrogens is 2. The van der Waals surface area contributed by atoms with Gasteiger partial charge in [-0.1, -0.05) is 20.8 Å². The van der Waals surface area contributed by atoms with Crippen molar-refractivity contribution in [1.82, 2.24) is 9.78 Å². The lowest BCUT2D eigenvalue weighted by atomic mass is 9.69. The molecule has 0 aromatic carbocycles. The van der Waals surface area contributed by atoms with E-state index in [1.807, 2.05) is 24.7 Å². The van der Waals surface area contributed by atoms with Gasteiger partial charge in [-0.2, -0.15) is 5.10 Å². The van der Waals surface area contributed by atoms with E-state index in [1.54, 1.807) is 11.8 Å². The van der Waals surface area contributed by atoms with Crippen LogP contribution >= 0.6 is 11.8 Å². The third-order valence-electron chi connectivity index (χ3n) is 4.56. The second-order valence-corrected chi connectivity index (χ2v) is 8.48. The number of hydrogen-bond donors (Lipinski definition) is 1. The summed E-state index contributed by atoms with van der Waals surface area (Å²) in [5.74, 6) is -0.317. The van der Waals surface area contributed by atoms with Gasteiger partial charge in [0.25, 0.3) is 0 Å². The van der Waals surface area contributed by atoms with Crippen molar-refractivity contribution in [2.45, 2.75) is 57.2 Å². The van der Waals surface area contributed by atoms with Crippen LogP contribution in [0, 0.1) is 24.2 Å². The first-order chi connectivity index (χ1) is 9.68. The van der Waals surface area contributed by atoms with Crippen LogP contribution in [0.5, 0.6) is 0 Å². The normalized spacial score (nSPS) is 26.8. The van der Waals surface area contributed by atoms with Crippen molar-refractivity contribution in [1.29, 1.82) is 0 Å². The summed E-state index contributed by atoms with van der Waals surface area (Å²) >= 11 is 1.69. The molecule has 21 heavy (non-hydrogen) atoms. The molecule has 1 saturated carbocycles. The van der Waals surface area contributed by atoms with Gasteiger partial charge in [0.05, 0.1) is 16.6 Å². The van der Waals surface area contributed by atoms with E-state index in [4.69, 9.17) is 0 Å². The van der Waals surface area contributed by atoms with Crippen molar-refractivity contribution >= 4 is 17.7 Å². The lowest BCUT2D eigenvalue weighted by Crippen LogP contribution is -2.37. The van der Waals surface area contributed by atoms with Gasteiger partial charge in [0, 0.05) is 12.3 Å². The van der Waals surface area contributed by atoms with Crippen LogP contribution in [-0.4, -0.2) is 26.1 Å². The molecule has 0 spiro atoms. The van der Waals surface area contributed by atoms with Gasteiger partial charge in [-0.3, -0.25) is 9.48 Å². The summed E-state index contributed by atoms with van der Waals surface area (Å²) in [6, 6.07) is 2.05. The Hall–Kier alpha value is -0.970. The summed E-state index contributed by atoms with van der Waals surface area (Å²) in [6.45, 7) is 8.75. The molecule has 3 unspecified atom stereocenters. The van der Waals surface area contributed by atoms with Crippen molar-refractivity contribution < 1.29 is 9.90 Å². The molecule has 0 bridgehead atoms. The average molecular weight is 310 g/mol. The second kappa shape index (κ2) is 6.03. The molecule has 2 rings (SSSR count). The number of carboxylic acid groups (broad SMARTS) is 1. The third-order valence-corrected chi connectivity index (χ3v) is 6.01. The number of nitrogens with zero attached hydrogens (tertiary/aromatic N) is 2. The summed E-state index contributed by atoms with van der Waals surface area (Å²) in [4.78, 5) is 11.6. The number of carboxylic acids is 1. The Morgan fingerprint density at radius 2 is 2.10 bits per heavy atom. The van der Waals surface area contributed by atoms with Crippen molar-refractivity contribution in [2.75, 3.05) is 0 Å². The summed E-state index contributed by atoms with van der Waals surface area (Å²) in [6.07, 6.45) is 2.77. The average Bonchev–Trinajstić information content (AvgIpc) is 2.66. The summed E-state index contributed by atoms with van der Waals surface area (Å²) in [5.41, 5.74) is 1.22. The molecule has 1 aliphatic rings. The SMILES string of the molecule is Cc1cc(SC2CC(C(C)(C)C)CCC2C(=O)O)n(C)n1. The van der Waals surface area contributed by atoms with Crippen LogP contribution in [0.4, 0.5) is 0 Å². The first-order valence-electron chi connectivity index (χ1n) is 7.58. The molecule has 118 valence electrons. The Morgan fingerprint density at radius 1 is 1.43 bits per heavy atom. The highest BCUT2D eigenvalue weighted by Gasteiger charge is 2.39. The Morgan fingerprint density at radius 3 is 2.57 bits per heavy atom. The lowest BCUT2D eigenvalue weighted by molar-refractivity contribution is -0.143. The van der Waals surface area contributed by atoms with E-state index in [-0.39, 0.29) is 16.6 Å². The molecule has 0 aliphatic heterocycles. The molecule has 3 atom stereocenters. The van der Waals surface area contributed by atoms with Crippen LogP contribution < -0.4 is 0 Å². The van der Waals surface area contributed by atoms with Crippen LogP contribution in [0.2, 0.25) is 0 Å². The Bertz CT molecular complexity index is 519. The van der Waals surface area contributed by atoms with E-state index in [9.17, 15) is 9.90 Å². The Balaban J connectivity index is 2.18. The zero-order chi connectivity index (χ0) is 15.8. The third kappa shape index (κ3) is 3.82. The van der Waals surface area contributed by atoms with Crippen LogP contribution in [0.15, 0.2) is 11.1 Å². The molecule has 0 amide bonds. The first-order valence-corrected chi connectivity index (χ1v) is 8.46. The van der Waals surface area contributed by atoms with E-state index in [0.29, 0.717) is 5.92 Å². The van der Waals surface area contributed by atoms with Crippen molar-refractivity contribution in [3.05, 3.63) is 11.8 Å². The molecule has 0 radical (unpaired) electrons. The predicted octanol–water partition coefficient (Wildman–Crippen LogP) is 3.74. The Labute approximate surface area is 131 Å². The monoisotopic (exact) mass is 310 g/mol. The number of aliphatic carboxylic acids is 1. The van der Waals surface area contributed by atoms with E-state index in [1.165, 1.54) is 0 Å². The molecule has 4 nitrogen and oxygen atoms in total. The first kappa shape index (κ1) is 16.4. The van der Waals surface area contributed by atoms with E-state index >= 15 is 0 Å². The fourth-order valence-electron chi connectivity index (χ4n) is 3.18. The molecular formula is C16H26N2O2S. The Kier molecular flexibility index (Phi) is 4.71. The summed E-state index contributed by atoms with van der Waals surface area (Å²) in [5, 5.41) is 15.1. The molecule has 1 aromatic rings. The largest absolute Gasteiger partial charge is 0.481 e. The fraction of sp³-hybridized carbons (Fsp3) is 0.750. The molecule has 1 N–H and O–H groups in total. The maximum atomic E-state index is 11.6. The van der Waals surface area contributed by atoms with Gasteiger partial charge in [-0.25, -0.2) is 0 Å². The number of thioether (sulfide) groups is 1. The van der Waals surface area contributed by atoms with Crippen molar-refractivity contribution in [3.63, 3.8) is 0 Å². The van der Waals surface area contributed by atoms with Crippen LogP contribution in [0.25, 0.3) is 0 Å². The van der Waals surface area contributed by atoms with Crippen LogP contribution in [-0.2, 0) is 11.8 Å². The zero-order valence-corrected chi connectivity index (χ0v) is 14.4. The van der Waals surface area contributed by atoms with E-state index in [2.05, 4.69) is 25.9 Å². The quantitative estimate of drug-likeness (QED) is 0.924. The molecule has 5 heteroatoms. The van der Waals surface area contributed by atoms with Gasteiger partial charge in [-0.05, 0) is 43.6 Å². The molecule has 1 aliphatic carbocycles. The maximum absolute atomic E-state index is 11.6. The molecular weight excluding hydrogens is 284 g/mol. The number of hydrogen-bond acceptors (Lipinski definition) is 3. The van der Waals surface area contributed by atoms with Gasteiger partial charge in [0.1, 0.15) is 0 Å². The second-order valence-electron chi connectivity index (χ2n) is 7.22. The highest BCUT2D eigenvalue weighted by atomic mass is 32.2. The maximum Gasteiger partial charge on any atom is 0.307 e. The predicted molar refractivity (Wildman–Crippen MR) is 85.5 cm³/mol. The molecule has 0 saturated heterocycles. The van der Waals surface area contributed by atoms with E-state index < -0.39 is 5.97 Å². The van der Waals surface area contributed by atoms with Gasteiger partial charge >= 0.3 is 5.97 Å². The van der Waals surface area contributed by atoms with Gasteiger partial charge in [0.2, 0.25) is 0 Å². The topological polar surface area (TPSA) is 55.1 Å². The minimum absolute atomic E-state index is 0.135. The fourth-order valence-corrected chi connectivity index (χ4v) is 4.67. The lowest BCUT2D eigenvalue weighted by Gasteiger charge is -2.40. The summed E-state index contributed by atoms with van der Waals surface area (Å²) < 4.78 is 1.86. The molecule has 1 heterocycles. The standard InChI is InChI=1S/C16H26N2O2S/c1-10-8-14(18(5)17-10)21-13-9-11(16(2,3)4)6-7-12(13)15(19)20/h8,11-13H,6-7,9H2,1-5H3,(H,19,20). The van der Waals surface area contributed by atoms with Gasteiger partial charge < -0.3 is 5.11 Å². The van der Waals surface area contributed by atoms with Crippen LogP contribution in [0.1, 0.15) is 45.7 Å². The minimum atomic E-state index is -0.654. The molecule has 1 aromatic heterocycles. The highest BCUT2D eigenvalue weighted by molar-refractivity contribution is 7.99. The van der Waals surface area contributed by atoms with Gasteiger partial charge in [0.15, 0.2) is 0 Å². The zero-order valence-electron chi connectivity index (χ0n) is 13.6. The van der Waals surface area contributed by atoms with Crippen LogP contribution in [0.3, 0.4) is 0 Å².